The predicted octanol–water partition coefficient (Wildman–Crippen LogP) is 4.14. The van der Waals surface area contributed by atoms with Gasteiger partial charge in [0.05, 0.1) is 23.9 Å². The average Bonchev–Trinajstić information content (AvgIpc) is 3.21. The zero-order valence-electron chi connectivity index (χ0n) is 17.0. The van der Waals surface area contributed by atoms with E-state index in [9.17, 15) is 14.7 Å². The zero-order valence-corrected chi connectivity index (χ0v) is 17.7. The van der Waals surface area contributed by atoms with Gasteiger partial charge in [0, 0.05) is 30.3 Å². The highest BCUT2D eigenvalue weighted by Gasteiger charge is 2.33. The van der Waals surface area contributed by atoms with Crippen molar-refractivity contribution in [2.45, 2.75) is 19.5 Å². The fourth-order valence-electron chi connectivity index (χ4n) is 3.71. The Kier molecular flexibility index (Phi) is 6.06. The Labute approximate surface area is 184 Å². The van der Waals surface area contributed by atoms with Crippen molar-refractivity contribution in [3.63, 3.8) is 0 Å². The van der Waals surface area contributed by atoms with Crippen molar-refractivity contribution in [3.05, 3.63) is 76.4 Å². The van der Waals surface area contributed by atoms with Crippen LogP contribution < -0.4 is 0 Å². The maximum atomic E-state index is 13.2. The minimum atomic E-state index is -0.994. The van der Waals surface area contributed by atoms with Crippen LogP contribution in [0.25, 0.3) is 11.3 Å². The van der Waals surface area contributed by atoms with E-state index in [0.717, 1.165) is 11.1 Å². The highest BCUT2D eigenvalue weighted by Crippen LogP contribution is 2.28. The number of amides is 1. The molecule has 0 fully saturated rings. The molecule has 1 atom stereocenters. The van der Waals surface area contributed by atoms with E-state index in [1.165, 1.54) is 6.07 Å². The van der Waals surface area contributed by atoms with Crippen LogP contribution >= 0.6 is 11.6 Å². The smallest absolute Gasteiger partial charge is 0.335 e. The Hall–Kier alpha value is -3.16. The molecular weight excluding hydrogens is 418 g/mol. The number of hydrogen-bond acceptors (Lipinski definition) is 4. The van der Waals surface area contributed by atoms with Gasteiger partial charge in [-0.05, 0) is 42.8 Å². The van der Waals surface area contributed by atoms with Crippen LogP contribution in [0, 0.1) is 0 Å². The van der Waals surface area contributed by atoms with E-state index in [-0.39, 0.29) is 17.5 Å². The second-order valence-corrected chi connectivity index (χ2v) is 7.81. The van der Waals surface area contributed by atoms with Crippen LogP contribution in [0.15, 0.2) is 54.6 Å². The molecule has 31 heavy (non-hydrogen) atoms. The molecular formula is C23H22ClN3O4. The number of aromatic carboxylic acids is 1. The third-order valence-electron chi connectivity index (χ3n) is 5.22. The normalized spacial score (nSPS) is 15.7. The van der Waals surface area contributed by atoms with Crippen LogP contribution in [0.3, 0.4) is 0 Å². The van der Waals surface area contributed by atoms with E-state index < -0.39 is 5.97 Å². The highest BCUT2D eigenvalue weighted by molar-refractivity contribution is 6.30. The number of hydrogen-bond donors (Lipinski definition) is 1. The molecule has 0 spiro atoms. The molecule has 1 aromatic heterocycles. The van der Waals surface area contributed by atoms with E-state index in [4.69, 9.17) is 16.3 Å². The van der Waals surface area contributed by atoms with Gasteiger partial charge in [-0.2, -0.15) is 5.10 Å². The van der Waals surface area contributed by atoms with Crippen molar-refractivity contribution >= 4 is 23.5 Å². The number of carboxylic acids is 1. The Morgan fingerprint density at radius 1 is 1.23 bits per heavy atom. The second kappa shape index (κ2) is 8.91. The van der Waals surface area contributed by atoms with Gasteiger partial charge in [-0.3, -0.25) is 9.48 Å². The van der Waals surface area contributed by atoms with Crippen LogP contribution in [-0.2, 0) is 11.3 Å². The largest absolute Gasteiger partial charge is 0.478 e. The van der Waals surface area contributed by atoms with Crippen molar-refractivity contribution in [1.82, 2.24) is 14.7 Å². The van der Waals surface area contributed by atoms with Gasteiger partial charge in [-0.15, -0.1) is 0 Å². The molecule has 0 radical (unpaired) electrons. The molecule has 7 nitrogen and oxygen atoms in total. The molecule has 1 aliphatic heterocycles. The number of benzene rings is 2. The summed E-state index contributed by atoms with van der Waals surface area (Å²) in [5.41, 5.74) is 3.00. The topological polar surface area (TPSA) is 84.7 Å². The highest BCUT2D eigenvalue weighted by atomic mass is 35.5. The summed E-state index contributed by atoms with van der Waals surface area (Å²) >= 11 is 5.99. The molecule has 8 heteroatoms. The minimum Gasteiger partial charge on any atom is -0.478 e. The lowest BCUT2D eigenvalue weighted by molar-refractivity contribution is 0.0493. The first kappa shape index (κ1) is 21.1. The van der Waals surface area contributed by atoms with Gasteiger partial charge in [-0.1, -0.05) is 35.9 Å². The van der Waals surface area contributed by atoms with Crippen molar-refractivity contribution in [2.75, 3.05) is 19.8 Å². The number of carbonyl (C=O) groups is 2. The quantitative estimate of drug-likeness (QED) is 0.598. The number of fused-ring (bicyclic) bond motifs is 1. The number of nitrogens with zero attached hydrogens (tertiary/aromatic N) is 3. The van der Waals surface area contributed by atoms with E-state index in [2.05, 4.69) is 5.10 Å². The summed E-state index contributed by atoms with van der Waals surface area (Å²) in [4.78, 5) is 26.2. The first-order valence-corrected chi connectivity index (χ1v) is 10.4. The van der Waals surface area contributed by atoms with E-state index in [1.807, 2.05) is 25.1 Å². The van der Waals surface area contributed by atoms with E-state index in [1.54, 1.807) is 39.9 Å². The van der Waals surface area contributed by atoms with E-state index >= 15 is 0 Å². The molecule has 1 aliphatic rings. The number of rotatable bonds is 7. The van der Waals surface area contributed by atoms with Gasteiger partial charge in [0.15, 0.2) is 0 Å². The van der Waals surface area contributed by atoms with Crippen LogP contribution in [0.5, 0.6) is 0 Å². The fraction of sp³-hybridized carbons (Fsp3) is 0.261. The average molecular weight is 440 g/mol. The number of carboxylic acid groups (broad SMARTS) is 1. The Bertz CT molecular complexity index is 1110. The van der Waals surface area contributed by atoms with Gasteiger partial charge >= 0.3 is 5.97 Å². The van der Waals surface area contributed by atoms with Gasteiger partial charge in [0.25, 0.3) is 5.91 Å². The SMILES string of the molecule is CCOCC1CN(Cc2cccc(C(=O)O)c2)C(=O)c2cc(-c3ccc(Cl)cc3)nn21. The molecule has 1 amide bonds. The Balaban J connectivity index is 1.66. The molecule has 1 unspecified atom stereocenters. The number of aromatic nitrogens is 2. The maximum absolute atomic E-state index is 13.2. The summed E-state index contributed by atoms with van der Waals surface area (Å²) in [6.07, 6.45) is 0. The van der Waals surface area contributed by atoms with Gasteiger partial charge in [0.1, 0.15) is 5.69 Å². The number of carbonyl (C=O) groups excluding carboxylic acids is 1. The molecule has 2 aromatic carbocycles. The molecule has 0 bridgehead atoms. The van der Waals surface area contributed by atoms with Gasteiger partial charge < -0.3 is 14.7 Å². The molecule has 2 heterocycles. The lowest BCUT2D eigenvalue weighted by atomic mass is 10.1. The molecule has 0 saturated heterocycles. The Morgan fingerprint density at radius 3 is 2.71 bits per heavy atom. The number of ether oxygens (including phenoxy) is 1. The van der Waals surface area contributed by atoms with Crippen molar-refractivity contribution in [2.24, 2.45) is 0 Å². The molecule has 0 aliphatic carbocycles. The lowest BCUT2D eigenvalue weighted by Gasteiger charge is -2.33. The molecule has 4 rings (SSSR count). The van der Waals surface area contributed by atoms with Gasteiger partial charge in [-0.25, -0.2) is 4.79 Å². The molecule has 3 aromatic rings. The second-order valence-electron chi connectivity index (χ2n) is 7.37. The summed E-state index contributed by atoms with van der Waals surface area (Å²) in [5.74, 6) is -1.15. The van der Waals surface area contributed by atoms with Gasteiger partial charge in [0.2, 0.25) is 0 Å². The first-order valence-electron chi connectivity index (χ1n) is 10.0. The first-order chi connectivity index (χ1) is 15.0. The third-order valence-corrected chi connectivity index (χ3v) is 5.47. The Morgan fingerprint density at radius 2 is 2.00 bits per heavy atom. The fourth-order valence-corrected chi connectivity index (χ4v) is 3.83. The van der Waals surface area contributed by atoms with Crippen molar-refractivity contribution in [1.29, 1.82) is 0 Å². The summed E-state index contributed by atoms with van der Waals surface area (Å²) in [6, 6.07) is 15.6. The molecule has 0 saturated carbocycles. The summed E-state index contributed by atoms with van der Waals surface area (Å²) in [6.45, 7) is 3.64. The van der Waals surface area contributed by atoms with E-state index in [0.29, 0.717) is 42.7 Å². The summed E-state index contributed by atoms with van der Waals surface area (Å²) in [7, 11) is 0. The summed E-state index contributed by atoms with van der Waals surface area (Å²) in [5, 5.41) is 14.6. The molecule has 160 valence electrons. The van der Waals surface area contributed by atoms with Crippen molar-refractivity contribution < 1.29 is 19.4 Å². The van der Waals surface area contributed by atoms with Crippen LogP contribution in [0.4, 0.5) is 0 Å². The third kappa shape index (κ3) is 4.47. The monoisotopic (exact) mass is 439 g/mol. The molecule has 1 N–H and O–H groups in total. The lowest BCUT2D eigenvalue weighted by Crippen LogP contribution is -2.44. The zero-order chi connectivity index (χ0) is 22.0. The van der Waals surface area contributed by atoms with Crippen LogP contribution in [-0.4, -0.2) is 51.4 Å². The number of halogens is 1. The summed E-state index contributed by atoms with van der Waals surface area (Å²) < 4.78 is 7.39. The predicted molar refractivity (Wildman–Crippen MR) is 116 cm³/mol. The standard InChI is InChI=1S/C23H22ClN3O4/c1-2-31-14-19-13-26(12-15-4-3-5-17(10-15)23(29)30)22(28)21-11-20(25-27(19)21)16-6-8-18(24)9-7-16/h3-11,19H,2,12-14H2,1H3,(H,29,30). The van der Waals surface area contributed by atoms with Crippen LogP contribution in [0.2, 0.25) is 5.02 Å². The van der Waals surface area contributed by atoms with Crippen LogP contribution in [0.1, 0.15) is 39.4 Å². The van der Waals surface area contributed by atoms with Crippen molar-refractivity contribution in [3.8, 4) is 11.3 Å². The maximum Gasteiger partial charge on any atom is 0.335 e. The minimum absolute atomic E-state index is 0.142.